The summed E-state index contributed by atoms with van der Waals surface area (Å²) in [5.74, 6) is -1.10. The summed E-state index contributed by atoms with van der Waals surface area (Å²) < 4.78 is 30.0. The molecule has 0 saturated heterocycles. The summed E-state index contributed by atoms with van der Waals surface area (Å²) in [7, 11) is 0. The fourth-order valence-corrected chi connectivity index (χ4v) is 6.28. The Bertz CT molecular complexity index is 1740. The van der Waals surface area contributed by atoms with Gasteiger partial charge in [0.25, 0.3) is 0 Å². The largest absolute Gasteiger partial charge is 0.308 e. The minimum Gasteiger partial charge on any atom is -0.308 e. The lowest BCUT2D eigenvalue weighted by Gasteiger charge is -2.46. The molecule has 4 aromatic rings. The Morgan fingerprint density at radius 3 is 2.63 bits per heavy atom. The van der Waals surface area contributed by atoms with Crippen molar-refractivity contribution in [3.05, 3.63) is 100 Å². The molecule has 0 bridgehead atoms. The van der Waals surface area contributed by atoms with Crippen LogP contribution in [0.25, 0.3) is 38.4 Å². The van der Waals surface area contributed by atoms with Gasteiger partial charge in [0.2, 0.25) is 5.70 Å². The Hall–Kier alpha value is -4.31. The molecule has 5 nitrogen and oxygen atoms in total. The van der Waals surface area contributed by atoms with Crippen molar-refractivity contribution in [1.82, 2.24) is 15.0 Å². The van der Waals surface area contributed by atoms with Gasteiger partial charge in [-0.3, -0.25) is 4.98 Å². The van der Waals surface area contributed by atoms with Gasteiger partial charge in [-0.15, -0.1) is 0 Å². The van der Waals surface area contributed by atoms with Crippen molar-refractivity contribution in [2.24, 2.45) is 11.8 Å². The van der Waals surface area contributed by atoms with E-state index in [4.69, 9.17) is 16.5 Å². The van der Waals surface area contributed by atoms with Gasteiger partial charge >= 0.3 is 0 Å². The highest BCUT2D eigenvalue weighted by Crippen LogP contribution is 2.51. The third kappa shape index (κ3) is 3.47. The summed E-state index contributed by atoms with van der Waals surface area (Å²) in [5.41, 5.74) is 3.19. The number of aryl methyl sites for hydroxylation is 1. The number of Topliss-reactive ketones (excluding diaryl/α,β-unsaturated/α-hetero) is 1. The van der Waals surface area contributed by atoms with Crippen molar-refractivity contribution in [2.45, 2.75) is 39.0 Å². The van der Waals surface area contributed by atoms with E-state index in [0.29, 0.717) is 46.6 Å². The smallest absolute Gasteiger partial charge is 0.226 e. The first kappa shape index (κ1) is 24.1. The van der Waals surface area contributed by atoms with E-state index in [1.54, 1.807) is 37.3 Å². The summed E-state index contributed by atoms with van der Waals surface area (Å²) in [4.78, 5) is 30.6. The number of halogens is 2. The highest BCUT2D eigenvalue weighted by molar-refractivity contribution is 6.00. The number of ketones is 1. The number of benzene rings is 2. The normalized spacial score (nSPS) is 22.4. The van der Waals surface area contributed by atoms with Crippen molar-refractivity contribution < 1.29 is 13.6 Å². The van der Waals surface area contributed by atoms with Crippen molar-refractivity contribution in [3.8, 4) is 22.6 Å². The maximum absolute atomic E-state index is 15.2. The van der Waals surface area contributed by atoms with Gasteiger partial charge in [0, 0.05) is 39.6 Å². The van der Waals surface area contributed by atoms with E-state index >= 15 is 4.39 Å². The summed E-state index contributed by atoms with van der Waals surface area (Å²) in [6.07, 6.45) is 4.51. The van der Waals surface area contributed by atoms with E-state index < -0.39 is 17.0 Å². The van der Waals surface area contributed by atoms with E-state index in [1.807, 2.05) is 19.9 Å². The minimum absolute atomic E-state index is 0.0712. The molecule has 0 aliphatic heterocycles. The Morgan fingerprint density at radius 1 is 1.08 bits per heavy atom. The number of hydrogen-bond acceptors (Lipinski definition) is 4. The van der Waals surface area contributed by atoms with Crippen LogP contribution < -0.4 is 0 Å². The van der Waals surface area contributed by atoms with E-state index in [2.05, 4.69) is 9.83 Å². The van der Waals surface area contributed by atoms with Crippen molar-refractivity contribution in [1.29, 1.82) is 0 Å². The third-order valence-corrected chi connectivity index (χ3v) is 8.13. The maximum atomic E-state index is 15.2. The van der Waals surface area contributed by atoms with Crippen molar-refractivity contribution in [3.63, 3.8) is 0 Å². The molecule has 0 radical (unpaired) electrons. The zero-order chi connectivity index (χ0) is 26.8. The van der Waals surface area contributed by atoms with Crippen LogP contribution in [0.3, 0.4) is 0 Å². The van der Waals surface area contributed by atoms with Gasteiger partial charge in [0.15, 0.2) is 11.6 Å². The standard InChI is InChI=1S/C31H24F2N4O/c1-16-13-21-18(11-12-35-27(21)24(33)14-16)30-36-26(19-7-5-6-8-23(19)32)20-9-10-22-17(2)28(38)25(34-4)15-31(22,3)29(20)37-30/h5-8,11-15,17,22H,9-10H2,1-3H3/t17-,22-,31-/m1/s1. The van der Waals surface area contributed by atoms with Crippen LogP contribution in [0, 0.1) is 37.0 Å². The van der Waals surface area contributed by atoms with Crippen LogP contribution in [0.1, 0.15) is 37.1 Å². The fourth-order valence-electron chi connectivity index (χ4n) is 6.28. The Labute approximate surface area is 219 Å². The number of rotatable bonds is 2. The number of nitrogens with zero attached hydrogens (tertiary/aromatic N) is 4. The van der Waals surface area contributed by atoms with Gasteiger partial charge in [-0.2, -0.15) is 0 Å². The Kier molecular flexibility index (Phi) is 5.46. The summed E-state index contributed by atoms with van der Waals surface area (Å²) in [5, 5.41) is 0.562. The van der Waals surface area contributed by atoms with Gasteiger partial charge in [-0.1, -0.05) is 32.1 Å². The second kappa shape index (κ2) is 8.63. The molecule has 2 aliphatic carbocycles. The lowest BCUT2D eigenvalue weighted by atomic mass is 9.58. The number of carbonyl (C=O) groups excluding carboxylic acids is 1. The predicted octanol–water partition coefficient (Wildman–Crippen LogP) is 6.79. The summed E-state index contributed by atoms with van der Waals surface area (Å²) in [6, 6.07) is 11.5. The van der Waals surface area contributed by atoms with E-state index in [9.17, 15) is 9.18 Å². The number of carbonyl (C=O) groups is 1. The Morgan fingerprint density at radius 2 is 1.87 bits per heavy atom. The van der Waals surface area contributed by atoms with E-state index in [-0.39, 0.29) is 28.8 Å². The van der Waals surface area contributed by atoms with Crippen molar-refractivity contribution >= 4 is 16.7 Å². The molecule has 2 aliphatic rings. The van der Waals surface area contributed by atoms with Crippen LogP contribution in [-0.2, 0) is 16.6 Å². The van der Waals surface area contributed by atoms with Gasteiger partial charge in [0.05, 0.1) is 18.0 Å². The van der Waals surface area contributed by atoms with E-state index in [0.717, 1.165) is 11.1 Å². The zero-order valence-corrected chi connectivity index (χ0v) is 21.2. The second-order valence-corrected chi connectivity index (χ2v) is 10.4. The second-order valence-electron chi connectivity index (χ2n) is 10.4. The van der Waals surface area contributed by atoms with Crippen LogP contribution >= 0.6 is 0 Å². The summed E-state index contributed by atoms with van der Waals surface area (Å²) >= 11 is 0. The number of allylic oxidation sites excluding steroid dienone is 2. The third-order valence-electron chi connectivity index (χ3n) is 8.13. The molecule has 0 saturated carbocycles. The zero-order valence-electron chi connectivity index (χ0n) is 21.2. The quantitative estimate of drug-likeness (QED) is 0.281. The number of hydrogen-bond donors (Lipinski definition) is 0. The lowest BCUT2D eigenvalue weighted by Crippen LogP contribution is -2.46. The monoisotopic (exact) mass is 506 g/mol. The molecule has 6 rings (SSSR count). The summed E-state index contributed by atoms with van der Waals surface area (Å²) in [6.45, 7) is 13.3. The molecular weight excluding hydrogens is 482 g/mol. The van der Waals surface area contributed by atoms with E-state index in [1.165, 1.54) is 18.3 Å². The highest BCUT2D eigenvalue weighted by Gasteiger charge is 2.49. The molecule has 7 heteroatoms. The molecule has 38 heavy (non-hydrogen) atoms. The maximum Gasteiger partial charge on any atom is 0.226 e. The average Bonchev–Trinajstić information content (AvgIpc) is 2.90. The van der Waals surface area contributed by atoms with Crippen LogP contribution in [0.2, 0.25) is 0 Å². The highest BCUT2D eigenvalue weighted by atomic mass is 19.1. The molecular formula is C31H24F2N4O. The average molecular weight is 507 g/mol. The molecule has 0 N–H and O–H groups in total. The molecule has 2 aromatic carbocycles. The molecule has 0 fully saturated rings. The first-order valence-electron chi connectivity index (χ1n) is 12.6. The number of pyridine rings is 1. The molecule has 2 aromatic heterocycles. The SMILES string of the molecule is [C-]#[N+]C1=C[C@@]2(C)c3nc(-c4ccnc5c(F)cc(C)cc45)nc(-c4ccccc4F)c3CC[C@@H]2[C@@H](C)C1=O. The molecule has 0 amide bonds. The topological polar surface area (TPSA) is 60.1 Å². The van der Waals surface area contributed by atoms with Crippen molar-refractivity contribution in [2.75, 3.05) is 0 Å². The lowest BCUT2D eigenvalue weighted by molar-refractivity contribution is -0.121. The van der Waals surface area contributed by atoms with Gasteiger partial charge in [-0.05, 0) is 61.6 Å². The van der Waals surface area contributed by atoms with Crippen LogP contribution in [0.5, 0.6) is 0 Å². The Balaban J connectivity index is 1.71. The van der Waals surface area contributed by atoms with Crippen LogP contribution in [-0.4, -0.2) is 20.7 Å². The molecule has 3 atom stereocenters. The number of aromatic nitrogens is 3. The van der Waals surface area contributed by atoms with Gasteiger partial charge in [0.1, 0.15) is 17.2 Å². The predicted molar refractivity (Wildman–Crippen MR) is 141 cm³/mol. The molecule has 0 spiro atoms. The fraction of sp³-hybridized carbons (Fsp3) is 0.258. The first-order chi connectivity index (χ1) is 18.2. The number of fused-ring (bicyclic) bond motifs is 4. The van der Waals surface area contributed by atoms with Crippen LogP contribution in [0.4, 0.5) is 8.78 Å². The van der Waals surface area contributed by atoms with Crippen LogP contribution in [0.15, 0.2) is 60.4 Å². The first-order valence-corrected chi connectivity index (χ1v) is 12.6. The molecule has 2 heterocycles. The van der Waals surface area contributed by atoms with Gasteiger partial charge < -0.3 is 4.79 Å². The minimum atomic E-state index is -0.734. The molecule has 0 unspecified atom stereocenters. The molecule has 188 valence electrons. The van der Waals surface area contributed by atoms with Gasteiger partial charge in [-0.25, -0.2) is 23.6 Å².